The molecule has 0 saturated carbocycles. The molecule has 0 spiro atoms. The zero-order valence-electron chi connectivity index (χ0n) is 6.79. The van der Waals surface area contributed by atoms with E-state index < -0.39 is 0 Å². The summed E-state index contributed by atoms with van der Waals surface area (Å²) in [7, 11) is 0. The monoisotopic (exact) mass is 149 g/mol. The van der Waals surface area contributed by atoms with E-state index in [0.29, 0.717) is 0 Å². The van der Waals surface area contributed by atoms with Gasteiger partial charge >= 0.3 is 0 Å². The quantitative estimate of drug-likeness (QED) is 0.629. The van der Waals surface area contributed by atoms with Crippen molar-refractivity contribution < 1.29 is 5.11 Å². The Bertz CT molecular complexity index is 189. The second-order valence-electron chi connectivity index (χ2n) is 2.68. The molecule has 0 fully saturated rings. The maximum atomic E-state index is 10.7. The molecule has 0 N–H and O–H groups in total. The van der Waals surface area contributed by atoms with Crippen molar-refractivity contribution in [3.8, 4) is 0 Å². The minimum Gasteiger partial charge on any atom is -0.236 e. The minimum absolute atomic E-state index is 0.000509. The molecule has 0 bridgehead atoms. The highest BCUT2D eigenvalue weighted by molar-refractivity contribution is 5.19. The fourth-order valence-electron chi connectivity index (χ4n) is 1.17. The van der Waals surface area contributed by atoms with Crippen LogP contribution in [0.1, 0.15) is 24.8 Å². The number of hydrogen-bond acceptors (Lipinski definition) is 0. The van der Waals surface area contributed by atoms with Crippen molar-refractivity contribution in [2.45, 2.75) is 19.3 Å². The molecule has 1 unspecified atom stereocenters. The van der Waals surface area contributed by atoms with Crippen molar-refractivity contribution in [3.63, 3.8) is 0 Å². The largest absolute Gasteiger partial charge is 0.236 e. The summed E-state index contributed by atoms with van der Waals surface area (Å²) in [4.78, 5) is 0. The van der Waals surface area contributed by atoms with E-state index in [-0.39, 0.29) is 12.5 Å². The van der Waals surface area contributed by atoms with Crippen molar-refractivity contribution in [1.29, 1.82) is 0 Å². The summed E-state index contributed by atoms with van der Waals surface area (Å²) in [6, 6.07) is 9.97. The molecule has 1 radical (unpaired) electrons. The second-order valence-corrected chi connectivity index (χ2v) is 2.68. The second kappa shape index (κ2) is 4.14. The third-order valence-electron chi connectivity index (χ3n) is 1.96. The van der Waals surface area contributed by atoms with E-state index in [1.165, 1.54) is 5.56 Å². The molecule has 59 valence electrons. The van der Waals surface area contributed by atoms with E-state index in [9.17, 15) is 5.11 Å². The lowest BCUT2D eigenvalue weighted by Crippen LogP contribution is -2.00. The Hall–Kier alpha value is -0.820. The first kappa shape index (κ1) is 8.28. The van der Waals surface area contributed by atoms with E-state index in [0.717, 1.165) is 6.42 Å². The summed E-state index contributed by atoms with van der Waals surface area (Å²) >= 11 is 0. The first-order valence-electron chi connectivity index (χ1n) is 4.01. The van der Waals surface area contributed by atoms with Crippen LogP contribution in [0.15, 0.2) is 30.3 Å². The Balaban J connectivity index is 2.74. The normalized spacial score (nSPS) is 12.9. The lowest BCUT2D eigenvalue weighted by molar-refractivity contribution is 0.170. The van der Waals surface area contributed by atoms with Gasteiger partial charge in [0.05, 0.1) is 6.61 Å². The standard InChI is InChI=1S/C10H13O/c1-2-9(8-11)10-6-4-3-5-7-10/h3-7,9H,2,8H2,1H3. The van der Waals surface area contributed by atoms with Crippen LogP contribution in [-0.4, -0.2) is 6.61 Å². The van der Waals surface area contributed by atoms with Crippen molar-refractivity contribution in [1.82, 2.24) is 0 Å². The summed E-state index contributed by atoms with van der Waals surface area (Å²) in [6.07, 6.45) is 0.938. The van der Waals surface area contributed by atoms with Gasteiger partial charge < -0.3 is 0 Å². The van der Waals surface area contributed by atoms with Crippen LogP contribution in [0.5, 0.6) is 0 Å². The van der Waals surface area contributed by atoms with Gasteiger partial charge in [0.25, 0.3) is 0 Å². The number of rotatable bonds is 3. The Labute approximate surface area is 67.7 Å². The van der Waals surface area contributed by atoms with Crippen LogP contribution in [-0.2, 0) is 5.11 Å². The van der Waals surface area contributed by atoms with Gasteiger partial charge in [-0.3, -0.25) is 0 Å². The molecule has 0 aliphatic rings. The summed E-state index contributed by atoms with van der Waals surface area (Å²) in [5.74, 6) is 0.205. The van der Waals surface area contributed by atoms with Crippen molar-refractivity contribution >= 4 is 0 Å². The highest BCUT2D eigenvalue weighted by Crippen LogP contribution is 2.17. The Morgan fingerprint density at radius 1 is 1.27 bits per heavy atom. The molecule has 0 aliphatic heterocycles. The molecular formula is C10H13O. The predicted molar refractivity (Wildman–Crippen MR) is 45.0 cm³/mol. The molecule has 1 heteroatoms. The third kappa shape index (κ3) is 2.05. The van der Waals surface area contributed by atoms with Gasteiger partial charge in [-0.25, -0.2) is 5.11 Å². The Kier molecular flexibility index (Phi) is 3.12. The Morgan fingerprint density at radius 3 is 2.36 bits per heavy atom. The highest BCUT2D eigenvalue weighted by Gasteiger charge is 2.06. The molecule has 1 nitrogen and oxygen atoms in total. The van der Waals surface area contributed by atoms with Crippen LogP contribution in [0.4, 0.5) is 0 Å². The Morgan fingerprint density at radius 2 is 1.91 bits per heavy atom. The predicted octanol–water partition coefficient (Wildman–Crippen LogP) is 2.61. The fraction of sp³-hybridized carbons (Fsp3) is 0.400. The molecule has 0 aliphatic carbocycles. The molecular weight excluding hydrogens is 136 g/mol. The van der Waals surface area contributed by atoms with Gasteiger partial charge in [0, 0.05) is 5.92 Å². The van der Waals surface area contributed by atoms with E-state index in [1.807, 2.05) is 30.3 Å². The van der Waals surface area contributed by atoms with E-state index in [1.54, 1.807) is 0 Å². The summed E-state index contributed by atoms with van der Waals surface area (Å²) < 4.78 is 0. The number of hydrogen-bond donors (Lipinski definition) is 0. The molecule has 1 rings (SSSR count). The van der Waals surface area contributed by atoms with Crippen LogP contribution in [0.2, 0.25) is 0 Å². The minimum atomic E-state index is 0.000509. The molecule has 0 saturated heterocycles. The van der Waals surface area contributed by atoms with E-state index >= 15 is 0 Å². The molecule has 1 aromatic carbocycles. The fourth-order valence-corrected chi connectivity index (χ4v) is 1.17. The molecule has 11 heavy (non-hydrogen) atoms. The summed E-state index contributed by atoms with van der Waals surface area (Å²) in [5, 5.41) is 10.7. The average molecular weight is 149 g/mol. The van der Waals surface area contributed by atoms with Gasteiger partial charge in [-0.1, -0.05) is 37.3 Å². The third-order valence-corrected chi connectivity index (χ3v) is 1.96. The lowest BCUT2D eigenvalue weighted by atomic mass is 9.98. The van der Waals surface area contributed by atoms with Crippen molar-refractivity contribution in [3.05, 3.63) is 35.9 Å². The SMILES string of the molecule is CCC(C[O])c1ccccc1. The van der Waals surface area contributed by atoms with Crippen LogP contribution in [0.3, 0.4) is 0 Å². The first-order valence-corrected chi connectivity index (χ1v) is 4.01. The molecule has 0 aromatic heterocycles. The lowest BCUT2D eigenvalue weighted by Gasteiger charge is -2.09. The topological polar surface area (TPSA) is 19.9 Å². The average Bonchev–Trinajstić information content (AvgIpc) is 2.09. The van der Waals surface area contributed by atoms with Crippen molar-refractivity contribution in [2.75, 3.05) is 6.61 Å². The summed E-state index contributed by atoms with van der Waals surface area (Å²) in [6.45, 7) is 2.05. The molecule has 0 heterocycles. The number of benzene rings is 1. The maximum absolute atomic E-state index is 10.7. The van der Waals surface area contributed by atoms with Crippen LogP contribution in [0.25, 0.3) is 0 Å². The zero-order valence-corrected chi connectivity index (χ0v) is 6.79. The highest BCUT2D eigenvalue weighted by atomic mass is 16.3. The first-order chi connectivity index (χ1) is 5.38. The zero-order chi connectivity index (χ0) is 8.10. The van der Waals surface area contributed by atoms with Crippen LogP contribution in [0, 0.1) is 0 Å². The van der Waals surface area contributed by atoms with Gasteiger partial charge in [-0.05, 0) is 12.0 Å². The van der Waals surface area contributed by atoms with Gasteiger partial charge in [-0.2, -0.15) is 0 Å². The smallest absolute Gasteiger partial charge is 0.0890 e. The molecule has 1 aromatic rings. The van der Waals surface area contributed by atoms with Crippen molar-refractivity contribution in [2.24, 2.45) is 0 Å². The van der Waals surface area contributed by atoms with Gasteiger partial charge in [-0.15, -0.1) is 0 Å². The van der Waals surface area contributed by atoms with Gasteiger partial charge in [0.1, 0.15) is 0 Å². The van der Waals surface area contributed by atoms with Crippen LogP contribution >= 0.6 is 0 Å². The summed E-state index contributed by atoms with van der Waals surface area (Å²) in [5.41, 5.74) is 1.17. The van der Waals surface area contributed by atoms with Crippen LogP contribution < -0.4 is 0 Å². The van der Waals surface area contributed by atoms with E-state index in [2.05, 4.69) is 6.92 Å². The molecule has 1 atom stereocenters. The maximum Gasteiger partial charge on any atom is 0.0890 e. The van der Waals surface area contributed by atoms with Gasteiger partial charge in [0.15, 0.2) is 0 Å². The molecule has 0 amide bonds. The van der Waals surface area contributed by atoms with E-state index in [4.69, 9.17) is 0 Å². The van der Waals surface area contributed by atoms with Gasteiger partial charge in [0.2, 0.25) is 0 Å².